The minimum absolute atomic E-state index is 0.131. The summed E-state index contributed by atoms with van der Waals surface area (Å²) in [5.74, 6) is 1.62. The number of hydrogen-bond donors (Lipinski definition) is 2. The number of rotatable bonds is 14. The number of carbonyl (C=O) groups is 2. The molecule has 2 spiro atoms. The van der Waals surface area contributed by atoms with Crippen molar-refractivity contribution in [2.24, 2.45) is 10.8 Å². The molecule has 6 aliphatic rings. The molecule has 79 heavy (non-hydrogen) atoms. The third-order valence-corrected chi connectivity index (χ3v) is 18.7. The maximum absolute atomic E-state index is 11.4. The molecule has 14 nitrogen and oxygen atoms in total. The molecule has 6 fully saturated rings. The number of aromatic carboxylic acids is 2. The Kier molecular flexibility index (Phi) is 15.0. The van der Waals surface area contributed by atoms with Crippen LogP contribution in [0.2, 0.25) is 20.1 Å². The summed E-state index contributed by atoms with van der Waals surface area (Å²) in [6.45, 7) is 8.72. The van der Waals surface area contributed by atoms with Crippen LogP contribution in [0.15, 0.2) is 94.0 Å². The summed E-state index contributed by atoms with van der Waals surface area (Å²) in [6, 6.07) is 25.9. The number of halogens is 4. The predicted octanol–water partition coefficient (Wildman–Crippen LogP) is 15.8. The SMILES string of the molecule is CC.O=C(O)c1ccc2nc(N3CCC4(CC(OCc5c(-c6c(Cl)cccc6Cl)noc5C5CC5)C4)C3)ccc2c1.O=C(O)c1nsc2cc(N3CCC4(CC(OCc5c(-c6c(Cl)cccc6Cl)noc5C5CC5)C4)C3)ccc12. The molecule has 0 unspecified atom stereocenters. The summed E-state index contributed by atoms with van der Waals surface area (Å²) in [7, 11) is 0. The van der Waals surface area contributed by atoms with E-state index in [0.29, 0.717) is 73.0 Å². The molecule has 410 valence electrons. The van der Waals surface area contributed by atoms with Gasteiger partial charge in [0.1, 0.15) is 28.7 Å². The van der Waals surface area contributed by atoms with Crippen LogP contribution in [0.4, 0.5) is 11.5 Å². The Morgan fingerprint density at radius 3 is 1.72 bits per heavy atom. The van der Waals surface area contributed by atoms with Crippen molar-refractivity contribution in [1.29, 1.82) is 0 Å². The van der Waals surface area contributed by atoms with Crippen molar-refractivity contribution in [1.82, 2.24) is 19.7 Å². The Bertz CT molecular complexity index is 3580. The van der Waals surface area contributed by atoms with E-state index < -0.39 is 11.9 Å². The second-order valence-electron chi connectivity index (χ2n) is 21.9. The van der Waals surface area contributed by atoms with Crippen LogP contribution in [0.3, 0.4) is 0 Å². The molecule has 2 aliphatic heterocycles. The van der Waals surface area contributed by atoms with Gasteiger partial charge in [-0.2, -0.15) is 4.37 Å². The Balaban J connectivity index is 0.000000153. The van der Waals surface area contributed by atoms with Crippen molar-refractivity contribution in [2.75, 3.05) is 36.0 Å². The molecule has 0 atom stereocenters. The molecule has 0 radical (unpaired) electrons. The number of anilines is 2. The zero-order valence-electron chi connectivity index (χ0n) is 43.7. The van der Waals surface area contributed by atoms with Gasteiger partial charge in [-0.05, 0) is 159 Å². The normalized spacial score (nSPS) is 22.2. The van der Waals surface area contributed by atoms with Crippen LogP contribution in [-0.2, 0) is 22.7 Å². The van der Waals surface area contributed by atoms with Crippen LogP contribution in [0.25, 0.3) is 43.5 Å². The number of carboxylic acid groups (broad SMARTS) is 2. The molecule has 4 aliphatic carbocycles. The van der Waals surface area contributed by atoms with Crippen LogP contribution in [0, 0.1) is 10.8 Å². The Hall–Kier alpha value is -5.78. The molecule has 2 saturated heterocycles. The van der Waals surface area contributed by atoms with Crippen LogP contribution >= 0.6 is 57.9 Å². The molecule has 4 aromatic heterocycles. The van der Waals surface area contributed by atoms with Crippen molar-refractivity contribution in [2.45, 2.75) is 115 Å². The molecule has 8 aromatic rings. The quantitative estimate of drug-likeness (QED) is 0.105. The van der Waals surface area contributed by atoms with E-state index in [2.05, 4.69) is 30.6 Å². The van der Waals surface area contributed by atoms with Gasteiger partial charge in [0.15, 0.2) is 5.69 Å². The lowest BCUT2D eigenvalue weighted by Crippen LogP contribution is -2.44. The lowest BCUT2D eigenvalue weighted by molar-refractivity contribution is -0.0798. The van der Waals surface area contributed by atoms with Gasteiger partial charge in [0.25, 0.3) is 0 Å². The van der Waals surface area contributed by atoms with Crippen molar-refractivity contribution >= 4 is 102 Å². The third-order valence-electron chi connectivity index (χ3n) is 16.6. The van der Waals surface area contributed by atoms with E-state index in [4.69, 9.17) is 69.9 Å². The van der Waals surface area contributed by atoms with E-state index in [1.165, 1.54) is 11.5 Å². The number of pyridine rings is 1. The van der Waals surface area contributed by atoms with E-state index in [1.807, 2.05) is 74.5 Å². The molecule has 14 rings (SSSR count). The van der Waals surface area contributed by atoms with Crippen molar-refractivity contribution in [3.8, 4) is 22.5 Å². The van der Waals surface area contributed by atoms with Gasteiger partial charge in [0, 0.05) is 76.7 Å². The number of nitrogens with zero attached hydrogens (tertiary/aromatic N) is 6. The molecule has 2 N–H and O–H groups in total. The summed E-state index contributed by atoms with van der Waals surface area (Å²) in [4.78, 5) is 32.2. The first-order chi connectivity index (χ1) is 38.3. The van der Waals surface area contributed by atoms with Crippen LogP contribution in [-0.4, -0.2) is 80.2 Å². The third kappa shape index (κ3) is 10.7. The summed E-state index contributed by atoms with van der Waals surface area (Å²) < 4.78 is 29.4. The van der Waals surface area contributed by atoms with E-state index in [9.17, 15) is 19.8 Å². The smallest absolute Gasteiger partial charge is 0.356 e. The Morgan fingerprint density at radius 2 is 1.20 bits per heavy atom. The van der Waals surface area contributed by atoms with Gasteiger partial charge >= 0.3 is 11.9 Å². The van der Waals surface area contributed by atoms with Crippen LogP contribution < -0.4 is 9.80 Å². The molecule has 0 bridgehead atoms. The van der Waals surface area contributed by atoms with Gasteiger partial charge in [0.2, 0.25) is 0 Å². The first-order valence-corrected chi connectivity index (χ1v) is 29.4. The summed E-state index contributed by atoms with van der Waals surface area (Å²) in [5, 5.41) is 31.1. The van der Waals surface area contributed by atoms with Crippen molar-refractivity contribution in [3.05, 3.63) is 139 Å². The van der Waals surface area contributed by atoms with E-state index in [1.54, 1.807) is 18.2 Å². The highest BCUT2D eigenvalue weighted by atomic mass is 35.5. The average molecular weight is 1170 g/mol. The molecule has 0 amide bonds. The lowest BCUT2D eigenvalue weighted by atomic mass is 9.66. The van der Waals surface area contributed by atoms with E-state index in [-0.39, 0.29) is 34.3 Å². The maximum atomic E-state index is 11.4. The number of benzene rings is 4. The fourth-order valence-corrected chi connectivity index (χ4v) is 14.2. The highest BCUT2D eigenvalue weighted by molar-refractivity contribution is 7.13. The van der Waals surface area contributed by atoms with Crippen molar-refractivity contribution < 1.29 is 38.3 Å². The Labute approximate surface area is 481 Å². The number of hydrogen-bond acceptors (Lipinski definition) is 13. The minimum atomic E-state index is -0.984. The zero-order chi connectivity index (χ0) is 54.7. The zero-order valence-corrected chi connectivity index (χ0v) is 47.5. The maximum Gasteiger partial charge on any atom is 0.356 e. The molecular weight excluding hydrogens is 1110 g/mol. The van der Waals surface area contributed by atoms with E-state index in [0.717, 1.165) is 140 Å². The topological polar surface area (TPSA) is 177 Å². The van der Waals surface area contributed by atoms with Crippen molar-refractivity contribution in [3.63, 3.8) is 0 Å². The predicted molar refractivity (Wildman–Crippen MR) is 309 cm³/mol. The largest absolute Gasteiger partial charge is 0.478 e. The van der Waals surface area contributed by atoms with Gasteiger partial charge in [0.05, 0.1) is 61.3 Å². The molecular formula is C60H58Cl4N6O8S. The monoisotopic (exact) mass is 1160 g/mol. The summed E-state index contributed by atoms with van der Waals surface area (Å²) >= 11 is 27.2. The van der Waals surface area contributed by atoms with Crippen LogP contribution in [0.5, 0.6) is 0 Å². The van der Waals surface area contributed by atoms with Crippen LogP contribution in [0.1, 0.15) is 133 Å². The van der Waals surface area contributed by atoms with Gasteiger partial charge < -0.3 is 38.5 Å². The minimum Gasteiger partial charge on any atom is -0.478 e. The first-order valence-electron chi connectivity index (χ1n) is 27.2. The Morgan fingerprint density at radius 1 is 0.671 bits per heavy atom. The highest BCUT2D eigenvalue weighted by Crippen LogP contribution is 2.54. The molecule has 6 heterocycles. The van der Waals surface area contributed by atoms with E-state index >= 15 is 0 Å². The fraction of sp³-hybridized carbons (Fsp3) is 0.400. The summed E-state index contributed by atoms with van der Waals surface area (Å²) in [6.07, 6.45) is 11.0. The number of carboxylic acids is 2. The summed E-state index contributed by atoms with van der Waals surface area (Å²) in [5.41, 5.74) is 7.54. The second-order valence-corrected chi connectivity index (χ2v) is 24.3. The first kappa shape index (κ1) is 53.8. The lowest BCUT2D eigenvalue weighted by Gasteiger charge is -2.45. The van der Waals surface area contributed by atoms with Gasteiger partial charge in [-0.15, -0.1) is 0 Å². The van der Waals surface area contributed by atoms with Gasteiger partial charge in [-0.1, -0.05) is 82.7 Å². The molecule has 19 heteroatoms. The molecule has 4 aromatic carbocycles. The van der Waals surface area contributed by atoms with Gasteiger partial charge in [-0.25, -0.2) is 14.6 Å². The number of ether oxygens (including phenoxy) is 2. The molecule has 4 saturated carbocycles. The average Bonchev–Trinajstić information content (AvgIpc) is 4.37. The number of aromatic nitrogens is 4. The van der Waals surface area contributed by atoms with Gasteiger partial charge in [-0.3, -0.25) is 0 Å². The second kappa shape index (κ2) is 21.9. The standard InChI is InChI=1S/C30H27Cl2N3O4.C28H25Cl2N3O4S.C2H6/c31-22-2-1-3-23(32)26(22)27-21(28(39-34-27)17-4-5-17)15-38-20-13-30(14-20)10-11-35(16-30)25-9-7-18-12-19(29(36)37)6-8-24(18)33-25;29-20-2-1-3-21(30)23(20)24-19(26(37-31-24)15-4-5-15)13-36-17-11-28(12-17)8-9-33(14-28)16-6-7-18-22(10-16)38-32-25(18)27(34)35;1-2/h1-3,6-9,12,17,20H,4-5,10-11,13-16H2,(H,36,37);1-3,6-7,10,15,17H,4-5,8-9,11-14H2,(H,34,35);1-2H3. The fourth-order valence-electron chi connectivity index (χ4n) is 12.2. The number of fused-ring (bicyclic) bond motifs is 2. The highest BCUT2D eigenvalue weighted by Gasteiger charge is 2.51.